The minimum absolute atomic E-state index is 0.164. The topological polar surface area (TPSA) is 95.5 Å². The van der Waals surface area contributed by atoms with Crippen LogP contribution >= 0.6 is 0 Å². The van der Waals surface area contributed by atoms with Gasteiger partial charge in [-0.15, -0.1) is 0 Å². The number of carbonyl (C=O) groups is 3. The van der Waals surface area contributed by atoms with Gasteiger partial charge in [-0.3, -0.25) is 14.9 Å². The van der Waals surface area contributed by atoms with E-state index in [0.29, 0.717) is 0 Å². The van der Waals surface area contributed by atoms with E-state index in [1.165, 1.54) is 0 Å². The van der Waals surface area contributed by atoms with Gasteiger partial charge in [-0.1, -0.05) is 0 Å². The summed E-state index contributed by atoms with van der Waals surface area (Å²) in [5.74, 6) is -1.61. The Kier molecular flexibility index (Phi) is 4.08. The molecule has 1 aliphatic rings. The Hall–Kier alpha value is -1.59. The van der Waals surface area contributed by atoms with E-state index in [0.717, 1.165) is 19.3 Å². The molecule has 0 saturated heterocycles. The number of urea groups is 1. The van der Waals surface area contributed by atoms with Crippen LogP contribution in [-0.4, -0.2) is 29.1 Å². The van der Waals surface area contributed by atoms with Crippen LogP contribution in [0.3, 0.4) is 0 Å². The number of imide groups is 1. The number of nitrogens with one attached hydrogen (secondary N) is 2. The third kappa shape index (κ3) is 4.44. The molecule has 3 amide bonds. The molecule has 15 heavy (non-hydrogen) atoms. The molecule has 1 saturated carbocycles. The van der Waals surface area contributed by atoms with Crippen molar-refractivity contribution in [1.29, 1.82) is 0 Å². The zero-order chi connectivity index (χ0) is 11.3. The molecule has 6 heteroatoms. The number of aliphatic carboxylic acids is 1. The average molecular weight is 214 g/mol. The van der Waals surface area contributed by atoms with Gasteiger partial charge >= 0.3 is 12.0 Å². The SMILES string of the molecule is O=C(O)CCC(=O)NC(=O)NC1CCC1. The Morgan fingerprint density at radius 2 is 1.87 bits per heavy atom. The lowest BCUT2D eigenvalue weighted by molar-refractivity contribution is -0.138. The largest absolute Gasteiger partial charge is 0.481 e. The lowest BCUT2D eigenvalue weighted by atomic mass is 9.93. The molecule has 6 nitrogen and oxygen atoms in total. The highest BCUT2D eigenvalue weighted by molar-refractivity contribution is 5.95. The molecule has 0 aromatic rings. The molecule has 0 aromatic heterocycles. The second-order valence-electron chi connectivity index (χ2n) is 3.54. The van der Waals surface area contributed by atoms with Crippen molar-refractivity contribution in [2.75, 3.05) is 0 Å². The monoisotopic (exact) mass is 214 g/mol. The van der Waals surface area contributed by atoms with E-state index in [4.69, 9.17) is 5.11 Å². The van der Waals surface area contributed by atoms with Crippen molar-refractivity contribution >= 4 is 17.9 Å². The Morgan fingerprint density at radius 3 is 2.33 bits per heavy atom. The van der Waals surface area contributed by atoms with Gasteiger partial charge in [0.05, 0.1) is 6.42 Å². The van der Waals surface area contributed by atoms with Gasteiger partial charge in [-0.2, -0.15) is 0 Å². The third-order valence-corrected chi connectivity index (χ3v) is 2.26. The first-order valence-corrected chi connectivity index (χ1v) is 4.90. The molecular formula is C9H14N2O4. The average Bonchev–Trinajstić information content (AvgIpc) is 2.08. The molecule has 1 aliphatic carbocycles. The molecule has 0 atom stereocenters. The van der Waals surface area contributed by atoms with Gasteiger partial charge < -0.3 is 10.4 Å². The van der Waals surface area contributed by atoms with Crippen molar-refractivity contribution in [3.8, 4) is 0 Å². The lowest BCUT2D eigenvalue weighted by Crippen LogP contribution is -2.47. The molecule has 1 fully saturated rings. The first-order valence-electron chi connectivity index (χ1n) is 4.90. The first-order chi connectivity index (χ1) is 7.08. The maximum atomic E-state index is 11.1. The van der Waals surface area contributed by atoms with Gasteiger partial charge in [0.25, 0.3) is 0 Å². The van der Waals surface area contributed by atoms with E-state index < -0.39 is 17.9 Å². The van der Waals surface area contributed by atoms with Crippen molar-refractivity contribution in [3.63, 3.8) is 0 Å². The Balaban J connectivity index is 2.13. The van der Waals surface area contributed by atoms with E-state index in [-0.39, 0.29) is 18.9 Å². The highest BCUT2D eigenvalue weighted by Gasteiger charge is 2.20. The highest BCUT2D eigenvalue weighted by Crippen LogP contribution is 2.17. The minimum Gasteiger partial charge on any atom is -0.481 e. The van der Waals surface area contributed by atoms with Gasteiger partial charge in [0.15, 0.2) is 0 Å². The molecule has 0 unspecified atom stereocenters. The van der Waals surface area contributed by atoms with Crippen LogP contribution in [0.2, 0.25) is 0 Å². The van der Waals surface area contributed by atoms with E-state index in [1.54, 1.807) is 0 Å². The van der Waals surface area contributed by atoms with Crippen LogP contribution in [0.5, 0.6) is 0 Å². The standard InChI is InChI=1S/C9H14N2O4/c12-7(4-5-8(13)14)11-9(15)10-6-2-1-3-6/h6H,1-5H2,(H,13,14)(H2,10,11,12,15). The van der Waals surface area contributed by atoms with Crippen molar-refractivity contribution in [1.82, 2.24) is 10.6 Å². The number of rotatable bonds is 4. The van der Waals surface area contributed by atoms with Gasteiger partial charge in [0.2, 0.25) is 5.91 Å². The predicted octanol–water partition coefficient (Wildman–Crippen LogP) is 0.230. The zero-order valence-corrected chi connectivity index (χ0v) is 8.28. The molecule has 0 bridgehead atoms. The number of carboxylic acid groups (broad SMARTS) is 1. The summed E-state index contributed by atoms with van der Waals surface area (Å²) in [6.45, 7) is 0. The van der Waals surface area contributed by atoms with Crippen molar-refractivity contribution in [3.05, 3.63) is 0 Å². The smallest absolute Gasteiger partial charge is 0.321 e. The number of carbonyl (C=O) groups excluding carboxylic acids is 2. The summed E-state index contributed by atoms with van der Waals surface area (Å²) in [5, 5.41) is 13.0. The van der Waals surface area contributed by atoms with Crippen LogP contribution < -0.4 is 10.6 Å². The zero-order valence-electron chi connectivity index (χ0n) is 8.28. The maximum Gasteiger partial charge on any atom is 0.321 e. The fourth-order valence-electron chi connectivity index (χ4n) is 1.18. The van der Waals surface area contributed by atoms with E-state index >= 15 is 0 Å². The van der Waals surface area contributed by atoms with Crippen LogP contribution in [0.4, 0.5) is 4.79 Å². The Bertz CT molecular complexity index is 273. The molecule has 0 aliphatic heterocycles. The highest BCUT2D eigenvalue weighted by atomic mass is 16.4. The van der Waals surface area contributed by atoms with E-state index in [9.17, 15) is 14.4 Å². The molecule has 0 aromatic carbocycles. The summed E-state index contributed by atoms with van der Waals surface area (Å²) in [4.78, 5) is 32.3. The number of carboxylic acids is 1. The molecule has 84 valence electrons. The summed E-state index contributed by atoms with van der Waals surface area (Å²) in [5.41, 5.74) is 0. The second kappa shape index (κ2) is 5.33. The van der Waals surface area contributed by atoms with Crippen LogP contribution in [0.1, 0.15) is 32.1 Å². The van der Waals surface area contributed by atoms with Crippen LogP contribution in [0.25, 0.3) is 0 Å². The molecule has 0 spiro atoms. The second-order valence-corrected chi connectivity index (χ2v) is 3.54. The quantitative estimate of drug-likeness (QED) is 0.624. The summed E-state index contributed by atoms with van der Waals surface area (Å²) in [7, 11) is 0. The van der Waals surface area contributed by atoms with Gasteiger partial charge in [0.1, 0.15) is 0 Å². The van der Waals surface area contributed by atoms with Crippen molar-refractivity contribution in [2.24, 2.45) is 0 Å². The van der Waals surface area contributed by atoms with Crippen LogP contribution in [0.15, 0.2) is 0 Å². The van der Waals surface area contributed by atoms with Crippen molar-refractivity contribution < 1.29 is 19.5 Å². The fourth-order valence-corrected chi connectivity index (χ4v) is 1.18. The number of hydrogen-bond acceptors (Lipinski definition) is 3. The van der Waals surface area contributed by atoms with Gasteiger partial charge in [-0.25, -0.2) is 4.79 Å². The van der Waals surface area contributed by atoms with Crippen LogP contribution in [0, 0.1) is 0 Å². The predicted molar refractivity (Wildman–Crippen MR) is 51.2 cm³/mol. The third-order valence-electron chi connectivity index (χ3n) is 2.26. The first kappa shape index (κ1) is 11.5. The molecular weight excluding hydrogens is 200 g/mol. The minimum atomic E-state index is -1.05. The summed E-state index contributed by atoms with van der Waals surface area (Å²) < 4.78 is 0. The fraction of sp³-hybridized carbons (Fsp3) is 0.667. The van der Waals surface area contributed by atoms with Crippen LogP contribution in [-0.2, 0) is 9.59 Å². The summed E-state index contributed by atoms with van der Waals surface area (Å²) >= 11 is 0. The Labute approximate surface area is 87.0 Å². The van der Waals surface area contributed by atoms with E-state index in [1.807, 2.05) is 0 Å². The summed E-state index contributed by atoms with van der Waals surface area (Å²) in [6, 6.07) is -0.368. The maximum absolute atomic E-state index is 11.1. The molecule has 3 N–H and O–H groups in total. The number of hydrogen-bond donors (Lipinski definition) is 3. The van der Waals surface area contributed by atoms with Crippen molar-refractivity contribution in [2.45, 2.75) is 38.1 Å². The van der Waals surface area contributed by atoms with Gasteiger partial charge in [-0.05, 0) is 19.3 Å². The normalized spacial score (nSPS) is 15.2. The van der Waals surface area contributed by atoms with Gasteiger partial charge in [0, 0.05) is 12.5 Å². The molecule has 0 heterocycles. The molecule has 1 rings (SSSR count). The lowest BCUT2D eigenvalue weighted by Gasteiger charge is -2.26. The summed E-state index contributed by atoms with van der Waals surface area (Å²) in [6.07, 6.45) is 2.54. The number of amides is 3. The Morgan fingerprint density at radius 1 is 1.20 bits per heavy atom. The van der Waals surface area contributed by atoms with E-state index in [2.05, 4.69) is 10.6 Å². The molecule has 0 radical (unpaired) electrons.